The van der Waals surface area contributed by atoms with Gasteiger partial charge in [-0.15, -0.1) is 0 Å². The number of amides is 3. The van der Waals surface area contributed by atoms with Crippen LogP contribution in [0.25, 0.3) is 22.2 Å². The van der Waals surface area contributed by atoms with Crippen LogP contribution < -0.4 is 10.9 Å². The molecule has 3 amide bonds. The van der Waals surface area contributed by atoms with Crippen molar-refractivity contribution < 1.29 is 14.4 Å². The Morgan fingerprint density at radius 1 is 0.875 bits per heavy atom. The van der Waals surface area contributed by atoms with Crippen LogP contribution in [0.1, 0.15) is 44.8 Å². The van der Waals surface area contributed by atoms with Gasteiger partial charge in [0.05, 0.1) is 17.3 Å². The number of carbonyl (C=O) groups excluding carboxylic acids is 3. The Morgan fingerprint density at radius 2 is 1.60 bits per heavy atom. The third-order valence-electron chi connectivity index (χ3n) is 7.48. The van der Waals surface area contributed by atoms with E-state index in [1.54, 1.807) is 36.2 Å². The molecule has 0 radical (unpaired) electrons. The first-order valence-electron chi connectivity index (χ1n) is 13.0. The minimum atomic E-state index is -0.901. The molecule has 40 heavy (non-hydrogen) atoms. The number of rotatable bonds is 5. The van der Waals surface area contributed by atoms with Crippen LogP contribution in [0.2, 0.25) is 0 Å². The Hall–Kier alpha value is -5.24. The third-order valence-corrected chi connectivity index (χ3v) is 7.48. The lowest BCUT2D eigenvalue weighted by Gasteiger charge is -2.31. The standard InChI is InChI=1S/C32H27N5O3/c1-20(30(38)34-35-31(39)22-13-10-18-33-19-22)37-29(23-14-6-7-15-24(23)32(37)40)27-25-16-8-9-17-26(25)36(2)28(27)21-11-4-3-5-12-21/h3-20,29H,1-2H3,(H,34,38)(H,35,39). The Morgan fingerprint density at radius 3 is 2.38 bits per heavy atom. The smallest absolute Gasteiger partial charge is 0.271 e. The van der Waals surface area contributed by atoms with Gasteiger partial charge in [0.2, 0.25) is 0 Å². The molecule has 3 heterocycles. The fraction of sp³-hybridized carbons (Fsp3) is 0.125. The lowest BCUT2D eigenvalue weighted by molar-refractivity contribution is -0.126. The number of nitrogens with one attached hydrogen (secondary N) is 2. The zero-order valence-electron chi connectivity index (χ0n) is 22.0. The zero-order chi connectivity index (χ0) is 27.8. The molecule has 0 spiro atoms. The molecular weight excluding hydrogens is 502 g/mol. The summed E-state index contributed by atoms with van der Waals surface area (Å²) in [7, 11) is 2.02. The maximum atomic E-state index is 13.9. The number of hydrogen-bond donors (Lipinski definition) is 2. The summed E-state index contributed by atoms with van der Waals surface area (Å²) in [6.45, 7) is 1.68. The lowest BCUT2D eigenvalue weighted by Crippen LogP contribution is -2.52. The molecule has 2 aromatic heterocycles. The van der Waals surface area contributed by atoms with Crippen LogP contribution in [0.4, 0.5) is 0 Å². The molecule has 8 heteroatoms. The number of para-hydroxylation sites is 1. The summed E-state index contributed by atoms with van der Waals surface area (Å²) in [5, 5.41) is 1.00. The monoisotopic (exact) mass is 529 g/mol. The molecule has 1 aliphatic heterocycles. The Bertz CT molecular complexity index is 1750. The maximum Gasteiger partial charge on any atom is 0.271 e. The van der Waals surface area contributed by atoms with E-state index in [4.69, 9.17) is 0 Å². The molecular formula is C32H27N5O3. The number of benzene rings is 3. The van der Waals surface area contributed by atoms with Crippen LogP contribution >= 0.6 is 0 Å². The minimum Gasteiger partial charge on any atom is -0.343 e. The highest BCUT2D eigenvalue weighted by Gasteiger charge is 2.44. The fourth-order valence-corrected chi connectivity index (χ4v) is 5.59. The van der Waals surface area contributed by atoms with Gasteiger partial charge in [-0.25, -0.2) is 0 Å². The van der Waals surface area contributed by atoms with Crippen molar-refractivity contribution in [3.8, 4) is 11.3 Å². The van der Waals surface area contributed by atoms with Crippen LogP contribution in [0.3, 0.4) is 0 Å². The molecule has 3 aromatic carbocycles. The van der Waals surface area contributed by atoms with E-state index < -0.39 is 23.9 Å². The van der Waals surface area contributed by atoms with Crippen molar-refractivity contribution in [2.24, 2.45) is 7.05 Å². The van der Waals surface area contributed by atoms with Gasteiger partial charge in [-0.2, -0.15) is 0 Å². The van der Waals surface area contributed by atoms with Gasteiger partial charge in [-0.1, -0.05) is 66.7 Å². The van der Waals surface area contributed by atoms with Gasteiger partial charge in [0.1, 0.15) is 6.04 Å². The minimum absolute atomic E-state index is 0.242. The van der Waals surface area contributed by atoms with Crippen LogP contribution in [0, 0.1) is 0 Å². The number of nitrogens with zero attached hydrogens (tertiary/aromatic N) is 3. The molecule has 2 unspecified atom stereocenters. The number of pyridine rings is 1. The SMILES string of the molecule is CC(C(=O)NNC(=O)c1cccnc1)N1C(=O)c2ccccc2C1c1c(-c2ccccc2)n(C)c2ccccc12. The summed E-state index contributed by atoms with van der Waals surface area (Å²) >= 11 is 0. The molecule has 1 aliphatic rings. The second kappa shape index (κ2) is 10.1. The van der Waals surface area contributed by atoms with E-state index in [9.17, 15) is 14.4 Å². The predicted octanol–water partition coefficient (Wildman–Crippen LogP) is 4.64. The van der Waals surface area contributed by atoms with Crippen LogP contribution in [0.5, 0.6) is 0 Å². The third kappa shape index (κ3) is 4.10. The number of fused-ring (bicyclic) bond motifs is 2. The number of hydrogen-bond acceptors (Lipinski definition) is 4. The summed E-state index contributed by atoms with van der Waals surface area (Å²) in [4.78, 5) is 45.4. The van der Waals surface area contributed by atoms with Crippen molar-refractivity contribution in [1.82, 2.24) is 25.3 Å². The van der Waals surface area contributed by atoms with Gasteiger partial charge in [0, 0.05) is 41.5 Å². The second-order valence-electron chi connectivity index (χ2n) is 9.77. The van der Waals surface area contributed by atoms with Crippen LogP contribution in [0.15, 0.2) is 103 Å². The quantitative estimate of drug-likeness (QED) is 0.325. The summed E-state index contributed by atoms with van der Waals surface area (Å²) in [6, 6.07) is 27.4. The van der Waals surface area contributed by atoms with Gasteiger partial charge in [-0.3, -0.25) is 30.2 Å². The molecule has 0 saturated heterocycles. The number of carbonyl (C=O) groups is 3. The summed E-state index contributed by atoms with van der Waals surface area (Å²) < 4.78 is 2.14. The number of aromatic nitrogens is 2. The lowest BCUT2D eigenvalue weighted by atomic mass is 9.92. The first-order chi connectivity index (χ1) is 19.5. The molecule has 5 aromatic rings. The summed E-state index contributed by atoms with van der Waals surface area (Å²) in [5.41, 5.74) is 10.6. The van der Waals surface area contributed by atoms with Crippen molar-refractivity contribution in [1.29, 1.82) is 0 Å². The highest BCUT2D eigenvalue weighted by atomic mass is 16.2. The van der Waals surface area contributed by atoms with E-state index in [0.29, 0.717) is 11.1 Å². The van der Waals surface area contributed by atoms with Gasteiger partial charge in [0.15, 0.2) is 0 Å². The molecule has 2 N–H and O–H groups in total. The maximum absolute atomic E-state index is 13.9. The second-order valence-corrected chi connectivity index (χ2v) is 9.77. The molecule has 0 fully saturated rings. The Labute approximate surface area is 231 Å². The number of hydrazine groups is 1. The summed E-state index contributed by atoms with van der Waals surface area (Å²) in [6.07, 6.45) is 2.97. The fourth-order valence-electron chi connectivity index (χ4n) is 5.59. The van der Waals surface area contributed by atoms with Crippen molar-refractivity contribution in [3.63, 3.8) is 0 Å². The topological polar surface area (TPSA) is 96.3 Å². The molecule has 6 rings (SSSR count). The van der Waals surface area contributed by atoms with E-state index in [0.717, 1.165) is 33.3 Å². The van der Waals surface area contributed by atoms with Crippen molar-refractivity contribution in [2.75, 3.05) is 0 Å². The summed E-state index contributed by atoms with van der Waals surface area (Å²) in [5.74, 6) is -1.25. The highest BCUT2D eigenvalue weighted by Crippen LogP contribution is 2.47. The molecule has 0 saturated carbocycles. The van der Waals surface area contributed by atoms with Crippen LogP contribution in [-0.2, 0) is 11.8 Å². The van der Waals surface area contributed by atoms with E-state index >= 15 is 0 Å². The van der Waals surface area contributed by atoms with Crippen molar-refractivity contribution in [3.05, 3.63) is 126 Å². The molecule has 2 atom stereocenters. The predicted molar refractivity (Wildman–Crippen MR) is 152 cm³/mol. The van der Waals surface area contributed by atoms with Crippen molar-refractivity contribution >= 4 is 28.6 Å². The number of aryl methyl sites for hydroxylation is 1. The Balaban J connectivity index is 1.44. The molecule has 198 valence electrons. The van der Waals surface area contributed by atoms with E-state index in [1.807, 2.05) is 55.6 Å². The first kappa shape index (κ1) is 25.1. The van der Waals surface area contributed by atoms with Gasteiger partial charge >= 0.3 is 0 Å². The Kier molecular flexibility index (Phi) is 6.36. The van der Waals surface area contributed by atoms with Gasteiger partial charge in [0.25, 0.3) is 17.7 Å². The first-order valence-corrected chi connectivity index (χ1v) is 13.0. The van der Waals surface area contributed by atoms with E-state index in [-0.39, 0.29) is 5.91 Å². The van der Waals surface area contributed by atoms with Crippen LogP contribution in [-0.4, -0.2) is 38.2 Å². The normalized spacial score (nSPS) is 15.1. The molecule has 0 aliphatic carbocycles. The average Bonchev–Trinajstić information content (AvgIpc) is 3.46. The van der Waals surface area contributed by atoms with Gasteiger partial charge < -0.3 is 9.47 Å². The largest absolute Gasteiger partial charge is 0.343 e. The average molecular weight is 530 g/mol. The molecule has 8 nitrogen and oxygen atoms in total. The molecule has 0 bridgehead atoms. The zero-order valence-corrected chi connectivity index (χ0v) is 22.0. The highest BCUT2D eigenvalue weighted by molar-refractivity contribution is 6.04. The van der Waals surface area contributed by atoms with Crippen molar-refractivity contribution in [2.45, 2.75) is 19.0 Å². The van der Waals surface area contributed by atoms with Gasteiger partial charge in [-0.05, 0) is 42.3 Å². The van der Waals surface area contributed by atoms with E-state index in [1.165, 1.54) is 6.20 Å². The van der Waals surface area contributed by atoms with E-state index in [2.05, 4.69) is 44.7 Å².